The van der Waals surface area contributed by atoms with Gasteiger partial charge in [0.1, 0.15) is 0 Å². The van der Waals surface area contributed by atoms with Crippen molar-refractivity contribution < 1.29 is 0 Å². The van der Waals surface area contributed by atoms with Gasteiger partial charge < -0.3 is 5.32 Å². The van der Waals surface area contributed by atoms with E-state index in [0.29, 0.717) is 12.0 Å². The van der Waals surface area contributed by atoms with Crippen LogP contribution in [0.4, 0.5) is 0 Å². The summed E-state index contributed by atoms with van der Waals surface area (Å²) in [6.45, 7) is 9.53. The molecule has 1 aliphatic heterocycles. The molecule has 1 saturated heterocycles. The molecule has 0 saturated carbocycles. The van der Waals surface area contributed by atoms with Gasteiger partial charge in [-0.15, -0.1) is 12.4 Å². The third-order valence-corrected chi connectivity index (χ3v) is 4.78. The van der Waals surface area contributed by atoms with E-state index in [9.17, 15) is 0 Å². The van der Waals surface area contributed by atoms with Gasteiger partial charge >= 0.3 is 0 Å². The molecule has 0 aliphatic carbocycles. The molecule has 1 atom stereocenters. The molecule has 0 radical (unpaired) electrons. The van der Waals surface area contributed by atoms with Crippen LogP contribution in [0.25, 0.3) is 0 Å². The summed E-state index contributed by atoms with van der Waals surface area (Å²) in [7, 11) is 0. The molecule has 0 aromatic carbocycles. The van der Waals surface area contributed by atoms with E-state index in [4.69, 9.17) is 0 Å². The van der Waals surface area contributed by atoms with Crippen molar-refractivity contribution >= 4 is 12.4 Å². The molecule has 1 unspecified atom stereocenters. The van der Waals surface area contributed by atoms with Crippen molar-refractivity contribution in [2.75, 3.05) is 13.1 Å². The van der Waals surface area contributed by atoms with Crippen LogP contribution >= 0.6 is 12.4 Å². The van der Waals surface area contributed by atoms with E-state index in [1.165, 1.54) is 24.8 Å². The fourth-order valence-corrected chi connectivity index (χ4v) is 3.58. The standard InChI is InChI=1S/C20H31N5.ClH/c1-17(2)13-25-15-18(12-23-25)14-24(16-19-6-3-4-10-22-19)20-7-5-9-21-11-8-20;/h3-4,6,10,12,15,17,20-21H,5,7-9,11,13-14,16H2,1-2H3;1H. The summed E-state index contributed by atoms with van der Waals surface area (Å²) in [6, 6.07) is 6.80. The number of hydrogen-bond donors (Lipinski definition) is 1. The summed E-state index contributed by atoms with van der Waals surface area (Å²) >= 11 is 0. The first-order valence-corrected chi connectivity index (χ1v) is 9.56. The van der Waals surface area contributed by atoms with Gasteiger partial charge in [0.25, 0.3) is 0 Å². The maximum Gasteiger partial charge on any atom is 0.0544 e. The fraction of sp³-hybridized carbons (Fsp3) is 0.600. The van der Waals surface area contributed by atoms with Crippen molar-refractivity contribution in [2.45, 2.75) is 58.8 Å². The van der Waals surface area contributed by atoms with Crippen molar-refractivity contribution in [1.29, 1.82) is 0 Å². The minimum atomic E-state index is 0. The summed E-state index contributed by atoms with van der Waals surface area (Å²) < 4.78 is 2.08. The lowest BCUT2D eigenvalue weighted by molar-refractivity contribution is 0.162. The highest BCUT2D eigenvalue weighted by Crippen LogP contribution is 2.19. The maximum absolute atomic E-state index is 4.54. The third kappa shape index (κ3) is 6.38. The molecule has 1 N–H and O–H groups in total. The Hall–Kier alpha value is -1.43. The van der Waals surface area contributed by atoms with Crippen LogP contribution in [0.5, 0.6) is 0 Å². The Labute approximate surface area is 163 Å². The van der Waals surface area contributed by atoms with Crippen LogP contribution in [-0.4, -0.2) is 38.8 Å². The number of aromatic nitrogens is 3. The lowest BCUT2D eigenvalue weighted by atomic mass is 10.1. The number of halogens is 1. The molecule has 6 heteroatoms. The van der Waals surface area contributed by atoms with Crippen molar-refractivity contribution in [3.63, 3.8) is 0 Å². The molecular formula is C20H32ClN5. The molecule has 3 rings (SSSR count). The second-order valence-electron chi connectivity index (χ2n) is 7.53. The zero-order chi connectivity index (χ0) is 17.5. The normalized spacial score (nSPS) is 17.9. The van der Waals surface area contributed by atoms with Crippen LogP contribution in [0.15, 0.2) is 36.8 Å². The molecule has 1 fully saturated rings. The molecule has 2 aromatic rings. The lowest BCUT2D eigenvalue weighted by Gasteiger charge is -2.30. The number of pyridine rings is 1. The van der Waals surface area contributed by atoms with Gasteiger partial charge in [-0.2, -0.15) is 5.10 Å². The van der Waals surface area contributed by atoms with Crippen molar-refractivity contribution in [1.82, 2.24) is 25.0 Å². The molecule has 0 bridgehead atoms. The topological polar surface area (TPSA) is 46.0 Å². The van der Waals surface area contributed by atoms with E-state index in [1.54, 1.807) is 0 Å². The quantitative estimate of drug-likeness (QED) is 0.802. The molecule has 3 heterocycles. The molecular weight excluding hydrogens is 346 g/mol. The summed E-state index contributed by atoms with van der Waals surface area (Å²) in [5.41, 5.74) is 2.45. The van der Waals surface area contributed by atoms with E-state index >= 15 is 0 Å². The Morgan fingerprint density at radius 3 is 2.88 bits per heavy atom. The first kappa shape index (κ1) is 20.9. The molecule has 1 aliphatic rings. The predicted molar refractivity (Wildman–Crippen MR) is 108 cm³/mol. The second kappa shape index (κ2) is 10.7. The molecule has 2 aromatic heterocycles. The lowest BCUT2D eigenvalue weighted by Crippen LogP contribution is -2.35. The second-order valence-corrected chi connectivity index (χ2v) is 7.53. The first-order valence-electron chi connectivity index (χ1n) is 9.56. The smallest absolute Gasteiger partial charge is 0.0544 e. The highest BCUT2D eigenvalue weighted by atomic mass is 35.5. The first-order chi connectivity index (χ1) is 12.2. The van der Waals surface area contributed by atoms with Gasteiger partial charge in [-0.05, 0) is 50.4 Å². The maximum atomic E-state index is 4.54. The van der Waals surface area contributed by atoms with E-state index in [0.717, 1.165) is 38.4 Å². The zero-order valence-corrected chi connectivity index (χ0v) is 16.8. The minimum Gasteiger partial charge on any atom is -0.317 e. The Kier molecular flexibility index (Phi) is 8.55. The van der Waals surface area contributed by atoms with Crippen LogP contribution in [0, 0.1) is 5.92 Å². The number of nitrogens with zero attached hydrogens (tertiary/aromatic N) is 4. The minimum absolute atomic E-state index is 0. The Balaban J connectivity index is 0.00000243. The van der Waals surface area contributed by atoms with Crippen LogP contribution in [0.1, 0.15) is 44.4 Å². The predicted octanol–water partition coefficient (Wildman–Crippen LogP) is 3.50. The highest BCUT2D eigenvalue weighted by molar-refractivity contribution is 5.85. The fourth-order valence-electron chi connectivity index (χ4n) is 3.58. The van der Waals surface area contributed by atoms with E-state index in [2.05, 4.69) is 57.2 Å². The monoisotopic (exact) mass is 377 g/mol. The van der Waals surface area contributed by atoms with Crippen LogP contribution in [0.3, 0.4) is 0 Å². The molecule has 0 amide bonds. The van der Waals surface area contributed by atoms with Crippen LogP contribution in [0.2, 0.25) is 0 Å². The Morgan fingerprint density at radius 1 is 1.23 bits per heavy atom. The summed E-state index contributed by atoms with van der Waals surface area (Å²) in [6.07, 6.45) is 9.83. The Morgan fingerprint density at radius 2 is 2.12 bits per heavy atom. The summed E-state index contributed by atoms with van der Waals surface area (Å²) in [5.74, 6) is 0.616. The van der Waals surface area contributed by atoms with Gasteiger partial charge in [-0.3, -0.25) is 14.6 Å². The summed E-state index contributed by atoms with van der Waals surface area (Å²) in [4.78, 5) is 7.13. The van der Waals surface area contributed by atoms with E-state index < -0.39 is 0 Å². The molecule has 5 nitrogen and oxygen atoms in total. The van der Waals surface area contributed by atoms with Crippen LogP contribution in [-0.2, 0) is 19.6 Å². The average molecular weight is 378 g/mol. The average Bonchev–Trinajstić information content (AvgIpc) is 2.85. The van der Waals surface area contributed by atoms with Crippen molar-refractivity contribution in [2.24, 2.45) is 5.92 Å². The SMILES string of the molecule is CC(C)Cn1cc(CN(Cc2ccccn2)C2CCCNCC2)cn1.Cl. The van der Waals surface area contributed by atoms with Crippen LogP contribution < -0.4 is 5.32 Å². The zero-order valence-electron chi connectivity index (χ0n) is 16.0. The third-order valence-electron chi connectivity index (χ3n) is 4.78. The van der Waals surface area contributed by atoms with Crippen molar-refractivity contribution in [3.05, 3.63) is 48.0 Å². The van der Waals surface area contributed by atoms with Gasteiger partial charge in [0, 0.05) is 43.6 Å². The largest absolute Gasteiger partial charge is 0.317 e. The van der Waals surface area contributed by atoms with Gasteiger partial charge in [-0.25, -0.2) is 0 Å². The number of hydrogen-bond acceptors (Lipinski definition) is 4. The van der Waals surface area contributed by atoms with Gasteiger partial charge in [0.05, 0.1) is 11.9 Å². The molecule has 144 valence electrons. The van der Waals surface area contributed by atoms with Crippen molar-refractivity contribution in [3.8, 4) is 0 Å². The van der Waals surface area contributed by atoms with E-state index in [1.807, 2.05) is 18.5 Å². The highest BCUT2D eigenvalue weighted by Gasteiger charge is 2.21. The molecule has 0 spiro atoms. The molecule has 26 heavy (non-hydrogen) atoms. The van der Waals surface area contributed by atoms with E-state index in [-0.39, 0.29) is 12.4 Å². The Bertz CT molecular complexity index is 620. The van der Waals surface area contributed by atoms with Gasteiger partial charge in [-0.1, -0.05) is 19.9 Å². The van der Waals surface area contributed by atoms with Gasteiger partial charge in [0.15, 0.2) is 0 Å². The number of rotatable bonds is 7. The van der Waals surface area contributed by atoms with Gasteiger partial charge in [0.2, 0.25) is 0 Å². The summed E-state index contributed by atoms with van der Waals surface area (Å²) in [5, 5.41) is 8.07. The number of nitrogens with one attached hydrogen (secondary N) is 1.